The Hall–Kier alpha value is -1.67. The van der Waals surface area contributed by atoms with Crippen LogP contribution in [0, 0.1) is 0 Å². The lowest BCUT2D eigenvalue weighted by Crippen LogP contribution is -2.14. The SMILES string of the molecule is CCCSNC1=CCC=C(F)C(C(=O)Cc2cc(Br)cnc2NC)=C1F. The van der Waals surface area contributed by atoms with Crippen LogP contribution < -0.4 is 10.0 Å². The first kappa shape index (κ1) is 20.6. The van der Waals surface area contributed by atoms with Crippen molar-refractivity contribution in [2.45, 2.75) is 26.2 Å². The van der Waals surface area contributed by atoms with Crippen LogP contribution in [0.25, 0.3) is 0 Å². The normalized spacial score (nSPS) is 14.5. The van der Waals surface area contributed by atoms with E-state index in [2.05, 4.69) is 31.0 Å². The molecule has 0 saturated heterocycles. The number of Topliss-reactive ketones (excluding diaryl/α,β-unsaturated/α-hetero) is 1. The first-order chi connectivity index (χ1) is 12.5. The summed E-state index contributed by atoms with van der Waals surface area (Å²) in [6.07, 6.45) is 5.30. The van der Waals surface area contributed by atoms with Crippen LogP contribution in [0.5, 0.6) is 0 Å². The Morgan fingerprint density at radius 3 is 2.85 bits per heavy atom. The van der Waals surface area contributed by atoms with Gasteiger partial charge in [-0.05, 0) is 40.9 Å². The first-order valence-electron chi connectivity index (χ1n) is 8.17. The van der Waals surface area contributed by atoms with Crippen molar-refractivity contribution in [3.8, 4) is 0 Å². The highest BCUT2D eigenvalue weighted by molar-refractivity contribution is 9.10. The lowest BCUT2D eigenvalue weighted by atomic mass is 10.0. The Bertz CT molecular complexity index is 778. The Morgan fingerprint density at radius 2 is 2.15 bits per heavy atom. The maximum absolute atomic E-state index is 14.9. The summed E-state index contributed by atoms with van der Waals surface area (Å²) in [5, 5.41) is 2.88. The van der Waals surface area contributed by atoms with Crippen LogP contribution in [0.15, 0.2) is 51.8 Å². The molecule has 4 nitrogen and oxygen atoms in total. The molecule has 2 N–H and O–H groups in total. The van der Waals surface area contributed by atoms with E-state index < -0.39 is 23.0 Å². The molecule has 0 fully saturated rings. The summed E-state index contributed by atoms with van der Waals surface area (Å²) in [4.78, 5) is 16.8. The van der Waals surface area contributed by atoms with Crippen LogP contribution in [-0.4, -0.2) is 23.6 Å². The van der Waals surface area contributed by atoms with E-state index in [1.54, 1.807) is 19.3 Å². The van der Waals surface area contributed by atoms with Crippen molar-refractivity contribution in [2.24, 2.45) is 0 Å². The predicted octanol–water partition coefficient (Wildman–Crippen LogP) is 5.01. The molecule has 0 saturated carbocycles. The number of hydrogen-bond donors (Lipinski definition) is 2. The predicted molar refractivity (Wildman–Crippen MR) is 106 cm³/mol. The van der Waals surface area contributed by atoms with Crippen molar-refractivity contribution in [3.05, 3.63) is 57.4 Å². The molecule has 0 bridgehead atoms. The number of nitrogens with one attached hydrogen (secondary N) is 2. The van der Waals surface area contributed by atoms with E-state index in [0.717, 1.165) is 12.2 Å². The van der Waals surface area contributed by atoms with E-state index in [1.807, 2.05) is 6.92 Å². The molecule has 8 heteroatoms. The number of rotatable bonds is 8. The number of allylic oxidation sites excluding steroid dienone is 5. The molecule has 0 aliphatic heterocycles. The molecule has 0 spiro atoms. The Balaban J connectivity index is 2.30. The van der Waals surface area contributed by atoms with Crippen molar-refractivity contribution in [1.29, 1.82) is 0 Å². The summed E-state index contributed by atoms with van der Waals surface area (Å²) in [6.45, 7) is 2.00. The Kier molecular flexibility index (Phi) is 7.84. The number of carbonyl (C=O) groups excluding carboxylic acids is 1. The van der Waals surface area contributed by atoms with Crippen LogP contribution in [0.4, 0.5) is 14.6 Å². The van der Waals surface area contributed by atoms with E-state index in [0.29, 0.717) is 15.9 Å². The quantitative estimate of drug-likeness (QED) is 0.436. The Morgan fingerprint density at radius 1 is 1.38 bits per heavy atom. The second-order valence-electron chi connectivity index (χ2n) is 5.56. The number of hydrogen-bond acceptors (Lipinski definition) is 5. The van der Waals surface area contributed by atoms with Gasteiger partial charge in [-0.1, -0.05) is 24.9 Å². The van der Waals surface area contributed by atoms with E-state index in [1.165, 1.54) is 24.1 Å². The lowest BCUT2D eigenvalue weighted by molar-refractivity contribution is -0.115. The fourth-order valence-corrected chi connectivity index (χ4v) is 3.40. The third kappa shape index (κ3) is 5.17. The van der Waals surface area contributed by atoms with E-state index in [-0.39, 0.29) is 18.5 Å². The van der Waals surface area contributed by atoms with Gasteiger partial charge in [-0.2, -0.15) is 0 Å². The number of ketones is 1. The summed E-state index contributed by atoms with van der Waals surface area (Å²) in [6, 6.07) is 1.71. The summed E-state index contributed by atoms with van der Waals surface area (Å²) in [7, 11) is 1.67. The minimum Gasteiger partial charge on any atom is -0.373 e. The molecule has 0 aromatic carbocycles. The molecule has 1 aliphatic carbocycles. The highest BCUT2D eigenvalue weighted by Gasteiger charge is 2.25. The highest BCUT2D eigenvalue weighted by Crippen LogP contribution is 2.30. The largest absolute Gasteiger partial charge is 0.373 e. The summed E-state index contributed by atoms with van der Waals surface area (Å²) in [5.74, 6) is -1.07. The van der Waals surface area contributed by atoms with E-state index in [4.69, 9.17) is 0 Å². The van der Waals surface area contributed by atoms with Crippen molar-refractivity contribution in [3.63, 3.8) is 0 Å². The molecule has 1 aromatic rings. The van der Waals surface area contributed by atoms with Crippen LogP contribution in [0.1, 0.15) is 25.3 Å². The third-order valence-electron chi connectivity index (χ3n) is 3.60. The van der Waals surface area contributed by atoms with E-state index >= 15 is 0 Å². The number of anilines is 1. The number of aromatic nitrogens is 1. The number of carbonyl (C=O) groups is 1. The van der Waals surface area contributed by atoms with Gasteiger partial charge in [0.05, 0.1) is 11.3 Å². The van der Waals surface area contributed by atoms with Crippen molar-refractivity contribution < 1.29 is 13.6 Å². The molecule has 140 valence electrons. The van der Waals surface area contributed by atoms with Gasteiger partial charge in [0.2, 0.25) is 0 Å². The van der Waals surface area contributed by atoms with E-state index in [9.17, 15) is 13.6 Å². The molecular formula is C18H20BrF2N3OS. The first-order valence-corrected chi connectivity index (χ1v) is 9.95. The minimum atomic E-state index is -0.862. The molecule has 0 unspecified atom stereocenters. The van der Waals surface area contributed by atoms with Crippen LogP contribution >= 0.6 is 27.9 Å². The molecule has 1 heterocycles. The summed E-state index contributed by atoms with van der Waals surface area (Å²) < 4.78 is 32.8. The maximum atomic E-state index is 14.9. The fourth-order valence-electron chi connectivity index (χ4n) is 2.39. The van der Waals surface area contributed by atoms with Crippen molar-refractivity contribution >= 4 is 39.5 Å². The molecule has 2 rings (SSSR count). The second-order valence-corrected chi connectivity index (χ2v) is 7.37. The van der Waals surface area contributed by atoms with Crippen LogP contribution in [-0.2, 0) is 11.2 Å². The Labute approximate surface area is 164 Å². The standard InChI is InChI=1S/C18H20BrF2N3OS/c1-3-7-26-24-14-6-4-5-13(20)16(17(14)21)15(25)9-11-8-12(19)10-23-18(11)22-2/h5-6,8,10,24H,3-4,7,9H2,1-2H3,(H,22,23). The maximum Gasteiger partial charge on any atom is 0.173 e. The minimum absolute atomic E-state index is 0.136. The summed E-state index contributed by atoms with van der Waals surface area (Å²) in [5.41, 5.74) is 0.167. The van der Waals surface area contributed by atoms with Crippen LogP contribution in [0.2, 0.25) is 0 Å². The molecule has 1 aliphatic rings. The van der Waals surface area contributed by atoms with Gasteiger partial charge >= 0.3 is 0 Å². The van der Waals surface area contributed by atoms with Gasteiger partial charge in [0, 0.05) is 35.5 Å². The molecule has 0 radical (unpaired) electrons. The van der Waals surface area contributed by atoms with Crippen molar-refractivity contribution in [2.75, 3.05) is 18.1 Å². The third-order valence-corrected chi connectivity index (χ3v) is 5.01. The van der Waals surface area contributed by atoms with Gasteiger partial charge in [0.1, 0.15) is 11.6 Å². The van der Waals surface area contributed by atoms with Gasteiger partial charge < -0.3 is 10.0 Å². The lowest BCUT2D eigenvalue weighted by Gasteiger charge is -2.12. The zero-order valence-electron chi connectivity index (χ0n) is 14.5. The molecule has 26 heavy (non-hydrogen) atoms. The number of nitrogens with zero attached hydrogens (tertiary/aromatic N) is 1. The molecule has 0 amide bonds. The van der Waals surface area contributed by atoms with Crippen molar-refractivity contribution in [1.82, 2.24) is 9.71 Å². The molecular weight excluding hydrogens is 424 g/mol. The zero-order chi connectivity index (χ0) is 19.1. The fraction of sp³-hybridized carbons (Fsp3) is 0.333. The summed E-state index contributed by atoms with van der Waals surface area (Å²) >= 11 is 4.62. The van der Waals surface area contributed by atoms with Gasteiger partial charge in [0.25, 0.3) is 0 Å². The monoisotopic (exact) mass is 443 g/mol. The van der Waals surface area contributed by atoms with Gasteiger partial charge in [0.15, 0.2) is 11.6 Å². The molecule has 1 aromatic heterocycles. The van der Waals surface area contributed by atoms with Gasteiger partial charge in [-0.15, -0.1) is 0 Å². The smallest absolute Gasteiger partial charge is 0.173 e. The average Bonchev–Trinajstić information content (AvgIpc) is 2.74. The zero-order valence-corrected chi connectivity index (χ0v) is 16.9. The number of halogens is 3. The molecule has 0 atom stereocenters. The van der Waals surface area contributed by atoms with Gasteiger partial charge in [-0.3, -0.25) is 4.79 Å². The van der Waals surface area contributed by atoms with Crippen LogP contribution in [0.3, 0.4) is 0 Å². The van der Waals surface area contributed by atoms with Gasteiger partial charge in [-0.25, -0.2) is 13.8 Å². The second kappa shape index (κ2) is 9.87. The highest BCUT2D eigenvalue weighted by atomic mass is 79.9. The average molecular weight is 444 g/mol. The number of pyridine rings is 1. The topological polar surface area (TPSA) is 54.0 Å².